The minimum atomic E-state index is -4.85. The van der Waals surface area contributed by atoms with Crippen LogP contribution in [0.4, 0.5) is 38.1 Å². The second kappa shape index (κ2) is 11.4. The van der Waals surface area contributed by atoms with Gasteiger partial charge in [0.15, 0.2) is 0 Å². The van der Waals surface area contributed by atoms with E-state index in [-0.39, 0.29) is 22.8 Å². The van der Waals surface area contributed by atoms with Gasteiger partial charge in [0.1, 0.15) is 17.6 Å². The highest BCUT2D eigenvalue weighted by atomic mass is 19.4. The lowest BCUT2D eigenvalue weighted by molar-refractivity contribution is -0.274. The molecule has 1 unspecified atom stereocenters. The average molecular weight is 612 g/mol. The van der Waals surface area contributed by atoms with Crippen molar-refractivity contribution in [3.63, 3.8) is 0 Å². The van der Waals surface area contributed by atoms with Gasteiger partial charge in [0, 0.05) is 31.3 Å². The van der Waals surface area contributed by atoms with Crippen LogP contribution in [0.25, 0.3) is 11.1 Å². The van der Waals surface area contributed by atoms with Crippen LogP contribution in [0.3, 0.4) is 0 Å². The Balaban J connectivity index is 1.29. The summed E-state index contributed by atoms with van der Waals surface area (Å²) in [7, 11) is 0. The van der Waals surface area contributed by atoms with Crippen molar-refractivity contribution in [3.05, 3.63) is 60.2 Å². The Hall–Kier alpha value is -4.27. The highest BCUT2D eigenvalue weighted by Gasteiger charge is 2.45. The number of hydrogen-bond donors (Lipinski definition) is 3. The number of rotatable bonds is 7. The molecule has 3 heterocycles. The van der Waals surface area contributed by atoms with E-state index in [1.165, 1.54) is 42.5 Å². The summed E-state index contributed by atoms with van der Waals surface area (Å²) in [6.07, 6.45) is -10.2. The van der Waals surface area contributed by atoms with E-state index in [1.807, 2.05) is 4.90 Å². The van der Waals surface area contributed by atoms with Gasteiger partial charge in [0.2, 0.25) is 17.9 Å². The van der Waals surface area contributed by atoms with E-state index in [4.69, 9.17) is 10.5 Å². The average Bonchev–Trinajstić information content (AvgIpc) is 3.35. The fraction of sp³-hybridized carbons (Fsp3) is 0.393. The molecule has 43 heavy (non-hydrogen) atoms. The first kappa shape index (κ1) is 30.2. The number of carboxylic acid groups (broad SMARTS) is 1. The molecule has 3 aromatic rings. The molecule has 2 aliphatic rings. The number of nitrogens with zero attached hydrogens (tertiary/aromatic N) is 3. The Kier molecular flexibility index (Phi) is 8.03. The molecule has 5 rings (SSSR count). The molecule has 4 N–H and O–H groups in total. The highest BCUT2D eigenvalue weighted by Crippen LogP contribution is 2.41. The maximum absolute atomic E-state index is 14.1. The normalized spacial score (nSPS) is 19.3. The Morgan fingerprint density at radius 3 is 2.14 bits per heavy atom. The fourth-order valence-corrected chi connectivity index (χ4v) is 5.48. The molecule has 230 valence electrons. The number of aliphatic carboxylic acids is 1. The first-order chi connectivity index (χ1) is 20.2. The summed E-state index contributed by atoms with van der Waals surface area (Å²) in [6.45, 7) is 1.57. The maximum atomic E-state index is 14.1. The van der Waals surface area contributed by atoms with Crippen molar-refractivity contribution in [1.82, 2.24) is 15.3 Å². The van der Waals surface area contributed by atoms with Gasteiger partial charge < -0.3 is 30.5 Å². The number of carbonyl (C=O) groups is 1. The molecule has 0 aliphatic carbocycles. The third-order valence-electron chi connectivity index (χ3n) is 7.68. The zero-order valence-corrected chi connectivity index (χ0v) is 22.5. The van der Waals surface area contributed by atoms with Gasteiger partial charge in [-0.3, -0.25) is 4.79 Å². The lowest BCUT2D eigenvalue weighted by Crippen LogP contribution is -2.41. The third-order valence-corrected chi connectivity index (χ3v) is 7.68. The SMILES string of the molecule is Nc1nc(O[C@H](c2ccc(-c3ccc(OC(F)(F)F)cc3)cc2)C(F)(F)F)cc(N2CCC3(CC2)CNC(C(=O)O)C3)n1. The molecule has 2 aliphatic heterocycles. The molecule has 2 aromatic carbocycles. The Labute approximate surface area is 241 Å². The number of nitrogens with two attached hydrogens (primary N) is 1. The standard InChI is InChI=1S/C28H27F6N5O4/c29-27(30,31)23(18-3-1-16(2-4-18)17-5-7-19(8-6-17)43-28(32,33)34)42-22-13-21(37-25(35)38-22)39-11-9-26(10-12-39)14-20(24(40)41)36-15-26/h1-8,13,20,23,36H,9-12,14-15H2,(H,40,41)(H2,35,37,38)/t20?,23-/m1/s1. The number of alkyl halides is 6. The van der Waals surface area contributed by atoms with Gasteiger partial charge in [-0.15, -0.1) is 13.2 Å². The van der Waals surface area contributed by atoms with E-state index < -0.39 is 36.4 Å². The fourth-order valence-electron chi connectivity index (χ4n) is 5.48. The van der Waals surface area contributed by atoms with Crippen LogP contribution < -0.4 is 25.4 Å². The molecule has 0 saturated carbocycles. The number of aromatic nitrogens is 2. The van der Waals surface area contributed by atoms with Crippen molar-refractivity contribution in [1.29, 1.82) is 0 Å². The first-order valence-corrected chi connectivity index (χ1v) is 13.2. The number of nitrogen functional groups attached to an aromatic ring is 1. The number of hydrogen-bond acceptors (Lipinski definition) is 8. The van der Waals surface area contributed by atoms with Crippen LogP contribution in [0.15, 0.2) is 54.6 Å². The van der Waals surface area contributed by atoms with Crippen LogP contribution in [0.1, 0.15) is 30.9 Å². The predicted octanol–water partition coefficient (Wildman–Crippen LogP) is 5.34. The topological polar surface area (TPSA) is 123 Å². The molecular formula is C28H27F6N5O4. The molecule has 2 atom stereocenters. The largest absolute Gasteiger partial charge is 0.573 e. The zero-order chi connectivity index (χ0) is 31.0. The summed E-state index contributed by atoms with van der Waals surface area (Å²) in [5.41, 5.74) is 6.36. The molecule has 0 amide bonds. The smallest absolute Gasteiger partial charge is 0.480 e. The van der Waals surface area contributed by atoms with Gasteiger partial charge in [-0.25, -0.2) is 0 Å². The van der Waals surface area contributed by atoms with Crippen LogP contribution >= 0.6 is 0 Å². The van der Waals surface area contributed by atoms with Gasteiger partial charge in [0.05, 0.1) is 0 Å². The third kappa shape index (κ3) is 7.21. The maximum Gasteiger partial charge on any atom is 0.573 e. The number of anilines is 2. The minimum Gasteiger partial charge on any atom is -0.480 e. The lowest BCUT2D eigenvalue weighted by atomic mass is 9.76. The van der Waals surface area contributed by atoms with Crippen molar-refractivity contribution in [2.24, 2.45) is 5.41 Å². The quantitative estimate of drug-likeness (QED) is 0.304. The van der Waals surface area contributed by atoms with Crippen LogP contribution in [0, 0.1) is 5.41 Å². The second-order valence-corrected chi connectivity index (χ2v) is 10.6. The molecular weight excluding hydrogens is 584 g/mol. The van der Waals surface area contributed by atoms with Crippen LogP contribution in [-0.2, 0) is 4.79 Å². The molecule has 1 aromatic heterocycles. The van der Waals surface area contributed by atoms with Crippen molar-refractivity contribution < 1.29 is 45.7 Å². The number of ether oxygens (including phenoxy) is 2. The molecule has 15 heteroatoms. The number of halogens is 6. The Morgan fingerprint density at radius 1 is 1.00 bits per heavy atom. The summed E-state index contributed by atoms with van der Waals surface area (Å²) in [4.78, 5) is 21.2. The summed E-state index contributed by atoms with van der Waals surface area (Å²) in [5.74, 6) is -1.66. The molecule has 0 radical (unpaired) electrons. The molecule has 2 saturated heterocycles. The lowest BCUT2D eigenvalue weighted by Gasteiger charge is -2.39. The molecule has 0 bridgehead atoms. The van der Waals surface area contributed by atoms with E-state index >= 15 is 0 Å². The van der Waals surface area contributed by atoms with Gasteiger partial charge in [0.25, 0.3) is 0 Å². The minimum absolute atomic E-state index is 0.177. The van der Waals surface area contributed by atoms with Crippen molar-refractivity contribution in [3.8, 4) is 22.8 Å². The van der Waals surface area contributed by atoms with Crippen molar-refractivity contribution in [2.75, 3.05) is 30.3 Å². The predicted molar refractivity (Wildman–Crippen MR) is 142 cm³/mol. The monoisotopic (exact) mass is 611 g/mol. The summed E-state index contributed by atoms with van der Waals surface area (Å²) in [5, 5.41) is 12.3. The highest BCUT2D eigenvalue weighted by molar-refractivity contribution is 5.74. The van der Waals surface area contributed by atoms with Gasteiger partial charge in [-0.1, -0.05) is 36.4 Å². The first-order valence-electron chi connectivity index (χ1n) is 13.2. The van der Waals surface area contributed by atoms with Crippen LogP contribution in [0.5, 0.6) is 11.6 Å². The molecule has 1 spiro atoms. The van der Waals surface area contributed by atoms with E-state index in [0.29, 0.717) is 55.8 Å². The Morgan fingerprint density at radius 2 is 1.60 bits per heavy atom. The van der Waals surface area contributed by atoms with Crippen molar-refractivity contribution in [2.45, 2.75) is 43.9 Å². The van der Waals surface area contributed by atoms with E-state index in [0.717, 1.165) is 12.1 Å². The number of benzene rings is 2. The van der Waals surface area contributed by atoms with Crippen LogP contribution in [0.2, 0.25) is 0 Å². The van der Waals surface area contributed by atoms with E-state index in [2.05, 4.69) is 20.0 Å². The summed E-state index contributed by atoms with van der Waals surface area (Å²) in [6, 6.07) is 10.8. The van der Waals surface area contributed by atoms with Crippen LogP contribution in [-0.4, -0.2) is 59.3 Å². The van der Waals surface area contributed by atoms with E-state index in [1.54, 1.807) is 0 Å². The second-order valence-electron chi connectivity index (χ2n) is 10.6. The van der Waals surface area contributed by atoms with Gasteiger partial charge >= 0.3 is 18.5 Å². The number of piperidine rings is 1. The zero-order valence-electron chi connectivity index (χ0n) is 22.5. The number of carboxylic acids is 1. The van der Waals surface area contributed by atoms with E-state index in [9.17, 15) is 36.2 Å². The summed E-state index contributed by atoms with van der Waals surface area (Å²) >= 11 is 0. The Bertz CT molecular complexity index is 1440. The number of nitrogens with one attached hydrogen (secondary N) is 1. The molecule has 2 fully saturated rings. The molecule has 9 nitrogen and oxygen atoms in total. The summed E-state index contributed by atoms with van der Waals surface area (Å²) < 4.78 is 88.8. The van der Waals surface area contributed by atoms with Gasteiger partial charge in [-0.2, -0.15) is 23.1 Å². The van der Waals surface area contributed by atoms with Gasteiger partial charge in [-0.05, 0) is 47.9 Å². The van der Waals surface area contributed by atoms with Crippen molar-refractivity contribution >= 4 is 17.7 Å².